The van der Waals surface area contributed by atoms with Crippen molar-refractivity contribution in [2.75, 3.05) is 13.2 Å². The standard InChI is InChI=1S/C75H124O6/c1-4-7-10-13-16-19-22-25-27-28-29-30-31-32-33-34-35-36-37-38-39-40-41-42-43-44-45-46-48-50-53-56-59-62-65-68-74(77)80-71-72(70-79-73(76)67-64-61-58-55-52-49-24-21-18-15-12-9-6-3)81-75(78)69-66-63-60-57-54-51-47-26-23-20-17-14-11-8-5-2/h7-12,16-21,25-27,29-30,47,49,52,54,57,72H,4-6,13-15,22-24,28,31-46,48,50-51,53,55-56,58-71H2,1-3H3/b10-7-,11-8-,12-9-,19-16-,20-17-,21-18-,27-25-,30-29-,47-26-,52-49-,57-54-. The van der Waals surface area contributed by atoms with E-state index < -0.39 is 6.10 Å². The first-order valence-electron chi connectivity index (χ1n) is 33.7. The van der Waals surface area contributed by atoms with Crippen molar-refractivity contribution in [2.24, 2.45) is 0 Å². The predicted octanol–water partition coefficient (Wildman–Crippen LogP) is 23.3. The molecule has 0 rings (SSSR count). The Bertz CT molecular complexity index is 1720. The second kappa shape index (κ2) is 68.1. The molecule has 81 heavy (non-hydrogen) atoms. The fourth-order valence-corrected chi connectivity index (χ4v) is 9.21. The third kappa shape index (κ3) is 66.2. The Hall–Kier alpha value is -4.45. The molecule has 0 aliphatic rings. The van der Waals surface area contributed by atoms with Crippen molar-refractivity contribution < 1.29 is 28.6 Å². The van der Waals surface area contributed by atoms with Crippen molar-refractivity contribution in [3.63, 3.8) is 0 Å². The minimum absolute atomic E-state index is 0.105. The van der Waals surface area contributed by atoms with Gasteiger partial charge in [0.2, 0.25) is 0 Å². The maximum absolute atomic E-state index is 12.9. The van der Waals surface area contributed by atoms with E-state index in [4.69, 9.17) is 14.2 Å². The molecule has 1 atom stereocenters. The number of esters is 3. The highest BCUT2D eigenvalue weighted by atomic mass is 16.6. The van der Waals surface area contributed by atoms with Crippen molar-refractivity contribution >= 4 is 17.9 Å². The van der Waals surface area contributed by atoms with Gasteiger partial charge in [-0.15, -0.1) is 0 Å². The fourth-order valence-electron chi connectivity index (χ4n) is 9.21. The largest absolute Gasteiger partial charge is 0.462 e. The Labute approximate surface area is 500 Å². The van der Waals surface area contributed by atoms with Gasteiger partial charge in [0.15, 0.2) is 6.10 Å². The SMILES string of the molecule is CC/C=C\C/C=C\C/C=C\C/C=C\CCCCCCCCCCCCCCCCCCCCCCCCC(=O)OCC(COC(=O)CCCCC/C=C\C/C=C\C/C=C\CC)OC(=O)CCCC/C=C\C/C=C\C/C=C\C/C=C\CC. The summed E-state index contributed by atoms with van der Waals surface area (Å²) in [5.41, 5.74) is 0. The Kier molecular flexibility index (Phi) is 64.3. The van der Waals surface area contributed by atoms with E-state index in [0.717, 1.165) is 128 Å². The van der Waals surface area contributed by atoms with Crippen LogP contribution >= 0.6 is 0 Å². The van der Waals surface area contributed by atoms with Gasteiger partial charge in [-0.3, -0.25) is 14.4 Å². The third-order valence-corrected chi connectivity index (χ3v) is 14.1. The van der Waals surface area contributed by atoms with Gasteiger partial charge in [-0.2, -0.15) is 0 Å². The molecule has 0 saturated heterocycles. The van der Waals surface area contributed by atoms with E-state index in [-0.39, 0.29) is 37.5 Å². The first-order chi connectivity index (χ1) is 40.0. The number of hydrogen-bond donors (Lipinski definition) is 0. The number of carbonyl (C=O) groups excluding carboxylic acids is 3. The zero-order valence-electron chi connectivity index (χ0n) is 52.8. The average molecular weight is 1120 g/mol. The van der Waals surface area contributed by atoms with Crippen LogP contribution in [0, 0.1) is 0 Å². The molecule has 0 saturated carbocycles. The molecule has 0 spiro atoms. The summed E-state index contributed by atoms with van der Waals surface area (Å²) in [7, 11) is 0. The number of allylic oxidation sites excluding steroid dienone is 22. The Morgan fingerprint density at radius 2 is 0.444 bits per heavy atom. The molecule has 0 heterocycles. The molecule has 0 bridgehead atoms. The third-order valence-electron chi connectivity index (χ3n) is 14.1. The highest BCUT2D eigenvalue weighted by Gasteiger charge is 2.19. The Morgan fingerprint density at radius 1 is 0.247 bits per heavy atom. The minimum Gasteiger partial charge on any atom is -0.462 e. The second-order valence-corrected chi connectivity index (χ2v) is 21.9. The van der Waals surface area contributed by atoms with Crippen LogP contribution in [0.3, 0.4) is 0 Å². The normalized spacial score (nSPS) is 13.0. The Balaban J connectivity index is 4.15. The van der Waals surface area contributed by atoms with E-state index in [0.29, 0.717) is 19.3 Å². The van der Waals surface area contributed by atoms with Crippen LogP contribution in [0.4, 0.5) is 0 Å². The van der Waals surface area contributed by atoms with Gasteiger partial charge in [0.05, 0.1) is 0 Å². The second-order valence-electron chi connectivity index (χ2n) is 21.9. The number of rotatable bonds is 60. The summed E-state index contributed by atoms with van der Waals surface area (Å²) in [6.45, 7) is 6.25. The van der Waals surface area contributed by atoms with E-state index in [1.165, 1.54) is 128 Å². The molecule has 460 valence electrons. The van der Waals surface area contributed by atoms with Gasteiger partial charge in [-0.05, 0) is 128 Å². The van der Waals surface area contributed by atoms with Crippen LogP contribution in [0.5, 0.6) is 0 Å². The lowest BCUT2D eigenvalue weighted by Crippen LogP contribution is -2.30. The van der Waals surface area contributed by atoms with E-state index in [2.05, 4.69) is 154 Å². The molecule has 6 nitrogen and oxygen atoms in total. The van der Waals surface area contributed by atoms with Gasteiger partial charge in [-0.25, -0.2) is 0 Å². The zero-order chi connectivity index (χ0) is 58.5. The number of ether oxygens (including phenoxy) is 3. The van der Waals surface area contributed by atoms with E-state index in [1.807, 2.05) is 0 Å². The summed E-state index contributed by atoms with van der Waals surface area (Å²) < 4.78 is 16.8. The summed E-state index contributed by atoms with van der Waals surface area (Å²) in [5, 5.41) is 0. The number of carbonyl (C=O) groups is 3. The van der Waals surface area contributed by atoms with Gasteiger partial charge in [0.1, 0.15) is 13.2 Å². The van der Waals surface area contributed by atoms with Crippen LogP contribution in [0.2, 0.25) is 0 Å². The molecule has 0 radical (unpaired) electrons. The van der Waals surface area contributed by atoms with Crippen molar-refractivity contribution in [1.29, 1.82) is 0 Å². The number of unbranched alkanes of at least 4 members (excludes halogenated alkanes) is 27. The molecule has 0 aromatic rings. The van der Waals surface area contributed by atoms with Crippen molar-refractivity contribution in [3.05, 3.63) is 134 Å². The maximum atomic E-state index is 12.9. The summed E-state index contributed by atoms with van der Waals surface area (Å²) >= 11 is 0. The van der Waals surface area contributed by atoms with Gasteiger partial charge in [0, 0.05) is 19.3 Å². The molecule has 0 fully saturated rings. The monoisotopic (exact) mass is 1120 g/mol. The zero-order valence-corrected chi connectivity index (χ0v) is 52.8. The first kappa shape index (κ1) is 76.5. The van der Waals surface area contributed by atoms with E-state index >= 15 is 0 Å². The molecule has 0 N–H and O–H groups in total. The predicted molar refractivity (Wildman–Crippen MR) is 353 cm³/mol. The van der Waals surface area contributed by atoms with Gasteiger partial charge in [0.25, 0.3) is 0 Å². The summed E-state index contributed by atoms with van der Waals surface area (Å²) in [5.74, 6) is -0.972. The molecule has 0 amide bonds. The fraction of sp³-hybridized carbons (Fsp3) is 0.667. The summed E-state index contributed by atoms with van der Waals surface area (Å²) in [6, 6.07) is 0. The highest BCUT2D eigenvalue weighted by Crippen LogP contribution is 2.17. The maximum Gasteiger partial charge on any atom is 0.306 e. The topological polar surface area (TPSA) is 78.9 Å². The van der Waals surface area contributed by atoms with Crippen LogP contribution in [-0.4, -0.2) is 37.2 Å². The van der Waals surface area contributed by atoms with Crippen LogP contribution in [-0.2, 0) is 28.6 Å². The molecular weight excluding hydrogens is 997 g/mol. The minimum atomic E-state index is -0.814. The molecule has 0 aliphatic heterocycles. The molecule has 0 aliphatic carbocycles. The van der Waals surface area contributed by atoms with Crippen molar-refractivity contribution in [2.45, 2.75) is 309 Å². The lowest BCUT2D eigenvalue weighted by Gasteiger charge is -2.18. The van der Waals surface area contributed by atoms with Gasteiger partial charge in [-0.1, -0.05) is 289 Å². The van der Waals surface area contributed by atoms with Crippen LogP contribution < -0.4 is 0 Å². The summed E-state index contributed by atoms with van der Waals surface area (Å²) in [4.78, 5) is 38.2. The lowest BCUT2D eigenvalue weighted by atomic mass is 10.0. The van der Waals surface area contributed by atoms with Crippen LogP contribution in [0.15, 0.2) is 134 Å². The van der Waals surface area contributed by atoms with E-state index in [1.54, 1.807) is 0 Å². The lowest BCUT2D eigenvalue weighted by molar-refractivity contribution is -0.167. The van der Waals surface area contributed by atoms with Gasteiger partial charge >= 0.3 is 17.9 Å². The molecular formula is C75H124O6. The number of hydrogen-bond acceptors (Lipinski definition) is 6. The highest BCUT2D eigenvalue weighted by molar-refractivity contribution is 5.71. The van der Waals surface area contributed by atoms with Crippen LogP contribution in [0.1, 0.15) is 303 Å². The summed E-state index contributed by atoms with van der Waals surface area (Å²) in [6.07, 6.45) is 96.5. The Morgan fingerprint density at radius 3 is 0.728 bits per heavy atom. The first-order valence-corrected chi connectivity index (χ1v) is 33.7. The van der Waals surface area contributed by atoms with Crippen molar-refractivity contribution in [1.82, 2.24) is 0 Å². The molecule has 0 aromatic carbocycles. The van der Waals surface area contributed by atoms with Crippen molar-refractivity contribution in [3.8, 4) is 0 Å². The molecule has 6 heteroatoms. The van der Waals surface area contributed by atoms with Crippen LogP contribution in [0.25, 0.3) is 0 Å². The quantitative estimate of drug-likeness (QED) is 0.0261. The van der Waals surface area contributed by atoms with Gasteiger partial charge < -0.3 is 14.2 Å². The smallest absolute Gasteiger partial charge is 0.306 e. The van der Waals surface area contributed by atoms with E-state index in [9.17, 15) is 14.4 Å². The average Bonchev–Trinajstić information content (AvgIpc) is 3.46. The molecule has 1 unspecified atom stereocenters. The molecule has 0 aromatic heterocycles.